The number of hydrogen-bond acceptors (Lipinski definition) is 4. The molecule has 1 saturated heterocycles. The zero-order valence-electron chi connectivity index (χ0n) is 13.7. The maximum Gasteiger partial charge on any atom is 0.279 e. The summed E-state index contributed by atoms with van der Waals surface area (Å²) in [5.74, 6) is -0.0534. The van der Waals surface area contributed by atoms with E-state index in [1.165, 1.54) is 10.6 Å². The van der Waals surface area contributed by atoms with E-state index in [1.807, 2.05) is 35.2 Å². The molecule has 0 radical (unpaired) electrons. The van der Waals surface area contributed by atoms with E-state index in [0.29, 0.717) is 10.8 Å². The Morgan fingerprint density at radius 3 is 2.43 bits per heavy atom. The van der Waals surface area contributed by atoms with E-state index in [0.717, 1.165) is 17.3 Å². The molecule has 120 valence electrons. The van der Waals surface area contributed by atoms with Crippen molar-refractivity contribution in [1.82, 2.24) is 9.80 Å². The number of carbonyl (C=O) groups excluding carboxylic acids is 1. The van der Waals surface area contributed by atoms with E-state index in [-0.39, 0.29) is 5.91 Å². The molecule has 0 N–H and O–H groups in total. The van der Waals surface area contributed by atoms with Crippen LogP contribution in [0.15, 0.2) is 51.7 Å². The molecule has 1 amide bonds. The summed E-state index contributed by atoms with van der Waals surface area (Å²) in [6.07, 6.45) is 0. The highest BCUT2D eigenvalue weighted by atomic mass is 32.2. The number of carbonyl (C=O) groups is 1. The first-order valence-corrected chi connectivity index (χ1v) is 8.74. The number of likely N-dealkylation sites (N-methyl/N-ethyl adjacent to an activating group) is 1. The summed E-state index contributed by atoms with van der Waals surface area (Å²) in [7, 11) is 1.73. The Labute approximate surface area is 146 Å². The van der Waals surface area contributed by atoms with Crippen LogP contribution < -0.4 is 4.90 Å². The molecule has 3 rings (SSSR count). The third-order valence-electron chi connectivity index (χ3n) is 4.15. The molecule has 0 unspecified atom stereocenters. The molecule has 23 heavy (non-hydrogen) atoms. The lowest BCUT2D eigenvalue weighted by atomic mass is 10.2. The summed E-state index contributed by atoms with van der Waals surface area (Å²) >= 11 is 7.17. The molecule has 1 aromatic rings. The van der Waals surface area contributed by atoms with Crippen molar-refractivity contribution in [3.05, 3.63) is 51.7 Å². The van der Waals surface area contributed by atoms with Gasteiger partial charge in [0.15, 0.2) is 5.11 Å². The first-order chi connectivity index (χ1) is 11.0. The summed E-state index contributed by atoms with van der Waals surface area (Å²) in [4.78, 5) is 19.7. The highest BCUT2D eigenvalue weighted by Gasteiger charge is 2.41. The van der Waals surface area contributed by atoms with Crippen molar-refractivity contribution >= 4 is 40.7 Å². The Hall–Kier alpha value is -1.79. The predicted molar refractivity (Wildman–Crippen MR) is 99.7 cm³/mol. The normalized spacial score (nSPS) is 22.0. The predicted octanol–water partition coefficient (Wildman–Crippen LogP) is 3.74. The highest BCUT2D eigenvalue weighted by Crippen LogP contribution is 2.45. The average Bonchev–Trinajstić information content (AvgIpc) is 2.96. The minimum absolute atomic E-state index is 0.0534. The van der Waals surface area contributed by atoms with Crippen LogP contribution in [0.2, 0.25) is 0 Å². The fraction of sp³-hybridized carbons (Fsp3) is 0.294. The maximum absolute atomic E-state index is 12.8. The van der Waals surface area contributed by atoms with Gasteiger partial charge in [0.25, 0.3) is 5.91 Å². The number of allylic oxidation sites excluding steroid dienone is 2. The van der Waals surface area contributed by atoms with Gasteiger partial charge in [-0.05, 0) is 45.1 Å². The van der Waals surface area contributed by atoms with E-state index in [4.69, 9.17) is 12.2 Å². The zero-order chi connectivity index (χ0) is 16.7. The number of rotatable bonds is 2. The van der Waals surface area contributed by atoms with Gasteiger partial charge in [-0.1, -0.05) is 30.0 Å². The molecule has 2 heterocycles. The molecular formula is C17H19N3OS2. The molecule has 0 spiro atoms. The number of nitrogens with zero attached hydrogens (tertiary/aromatic N) is 3. The number of thioether (sulfide) groups is 1. The molecule has 0 atom stereocenters. The molecule has 2 aliphatic heterocycles. The van der Waals surface area contributed by atoms with Crippen LogP contribution in [0.25, 0.3) is 0 Å². The number of thiocarbonyl (C=S) groups is 1. The molecule has 0 bridgehead atoms. The molecular weight excluding hydrogens is 326 g/mol. The summed E-state index contributed by atoms with van der Waals surface area (Å²) in [5, 5.41) is 1.48. The van der Waals surface area contributed by atoms with Gasteiger partial charge >= 0.3 is 0 Å². The topological polar surface area (TPSA) is 26.8 Å². The van der Waals surface area contributed by atoms with Crippen molar-refractivity contribution in [1.29, 1.82) is 0 Å². The molecule has 1 aromatic carbocycles. The van der Waals surface area contributed by atoms with Crippen molar-refractivity contribution in [2.24, 2.45) is 0 Å². The smallest absolute Gasteiger partial charge is 0.279 e. The second-order valence-corrected chi connectivity index (χ2v) is 7.03. The average molecular weight is 345 g/mol. The lowest BCUT2D eigenvalue weighted by molar-refractivity contribution is -0.121. The van der Waals surface area contributed by atoms with Crippen molar-refractivity contribution in [3.63, 3.8) is 0 Å². The minimum Gasteiger partial charge on any atom is -0.338 e. The SMILES string of the molecule is CCN1C(C)=C(C)S/C1=C1/C(=O)N(C)C(=S)N1c1ccccc1. The fourth-order valence-corrected chi connectivity index (χ4v) is 4.24. The lowest BCUT2D eigenvalue weighted by Crippen LogP contribution is -2.29. The number of para-hydroxylation sites is 1. The van der Waals surface area contributed by atoms with E-state index >= 15 is 0 Å². The Morgan fingerprint density at radius 2 is 1.83 bits per heavy atom. The molecule has 4 nitrogen and oxygen atoms in total. The standard InChI is InChI=1S/C17H19N3OS2/c1-5-19-11(2)12(3)23-16(19)14-15(21)18(4)17(22)20(14)13-9-7-6-8-10-13/h6-10H,5H2,1-4H3/b16-14-. The summed E-state index contributed by atoms with van der Waals surface area (Å²) in [6.45, 7) is 7.09. The molecule has 0 aliphatic carbocycles. The van der Waals surface area contributed by atoms with E-state index < -0.39 is 0 Å². The number of benzene rings is 1. The first-order valence-electron chi connectivity index (χ1n) is 7.51. The highest BCUT2D eigenvalue weighted by molar-refractivity contribution is 8.07. The molecule has 0 saturated carbocycles. The quantitative estimate of drug-likeness (QED) is 0.601. The molecule has 2 aliphatic rings. The van der Waals surface area contributed by atoms with Gasteiger partial charge in [0.05, 0.1) is 0 Å². The second kappa shape index (κ2) is 6.02. The third kappa shape index (κ3) is 2.46. The second-order valence-electron chi connectivity index (χ2n) is 5.46. The molecule has 1 fully saturated rings. The van der Waals surface area contributed by atoms with Crippen molar-refractivity contribution in [2.45, 2.75) is 20.8 Å². The van der Waals surface area contributed by atoms with Crippen molar-refractivity contribution in [2.75, 3.05) is 18.5 Å². The molecule has 0 aromatic heterocycles. The first kappa shape index (κ1) is 16.1. The van der Waals surface area contributed by atoms with Crippen LogP contribution in [0.3, 0.4) is 0 Å². The van der Waals surface area contributed by atoms with E-state index in [2.05, 4.69) is 25.7 Å². The van der Waals surface area contributed by atoms with E-state index in [9.17, 15) is 4.79 Å². The Kier molecular flexibility index (Phi) is 4.21. The number of anilines is 1. The summed E-state index contributed by atoms with van der Waals surface area (Å²) in [5.41, 5.74) is 2.75. The minimum atomic E-state index is -0.0534. The van der Waals surface area contributed by atoms with Crippen LogP contribution in [0.4, 0.5) is 5.69 Å². The Balaban J connectivity index is 2.17. The largest absolute Gasteiger partial charge is 0.338 e. The third-order valence-corrected chi connectivity index (χ3v) is 5.82. The van der Waals surface area contributed by atoms with Gasteiger partial charge in [-0.2, -0.15) is 0 Å². The van der Waals surface area contributed by atoms with Crippen LogP contribution in [0, 0.1) is 0 Å². The van der Waals surface area contributed by atoms with Crippen LogP contribution in [0.1, 0.15) is 20.8 Å². The zero-order valence-corrected chi connectivity index (χ0v) is 15.3. The van der Waals surface area contributed by atoms with Crippen LogP contribution in [-0.2, 0) is 4.79 Å². The van der Waals surface area contributed by atoms with Gasteiger partial charge in [-0.25, -0.2) is 0 Å². The molecule has 6 heteroatoms. The summed E-state index contributed by atoms with van der Waals surface area (Å²) in [6, 6.07) is 9.82. The van der Waals surface area contributed by atoms with E-state index in [1.54, 1.807) is 23.7 Å². The van der Waals surface area contributed by atoms with Gasteiger partial charge in [0.1, 0.15) is 10.7 Å². The van der Waals surface area contributed by atoms with Gasteiger partial charge < -0.3 is 4.90 Å². The maximum atomic E-state index is 12.8. The fourth-order valence-electron chi connectivity index (χ4n) is 2.76. The van der Waals surface area contributed by atoms with Crippen LogP contribution >= 0.6 is 24.0 Å². The Bertz CT molecular complexity index is 739. The van der Waals surface area contributed by atoms with Crippen molar-refractivity contribution < 1.29 is 4.79 Å². The van der Waals surface area contributed by atoms with Crippen molar-refractivity contribution in [3.8, 4) is 0 Å². The lowest BCUT2D eigenvalue weighted by Gasteiger charge is -2.24. The van der Waals surface area contributed by atoms with Crippen LogP contribution in [-0.4, -0.2) is 34.4 Å². The van der Waals surface area contributed by atoms with Crippen LogP contribution in [0.5, 0.6) is 0 Å². The Morgan fingerprint density at radius 1 is 1.17 bits per heavy atom. The number of hydrogen-bond donors (Lipinski definition) is 0. The monoisotopic (exact) mass is 345 g/mol. The summed E-state index contributed by atoms with van der Waals surface area (Å²) < 4.78 is 0. The van der Waals surface area contributed by atoms with Gasteiger partial charge in [-0.15, -0.1) is 0 Å². The van der Waals surface area contributed by atoms with Gasteiger partial charge in [-0.3, -0.25) is 14.6 Å². The van der Waals surface area contributed by atoms with Gasteiger partial charge in [0, 0.05) is 29.9 Å². The number of amides is 1. The van der Waals surface area contributed by atoms with Gasteiger partial charge in [0.2, 0.25) is 0 Å².